The fourth-order valence-corrected chi connectivity index (χ4v) is 2.56. The van der Waals surface area contributed by atoms with Crippen LogP contribution in [0.5, 0.6) is 0 Å². The molecule has 4 heteroatoms. The van der Waals surface area contributed by atoms with Crippen molar-refractivity contribution < 1.29 is 0 Å². The molecule has 1 atom stereocenters. The van der Waals surface area contributed by atoms with Crippen LogP contribution in [0, 0.1) is 6.92 Å². The summed E-state index contributed by atoms with van der Waals surface area (Å²) in [5.74, 6) is 2.30. The van der Waals surface area contributed by atoms with Gasteiger partial charge in [-0.05, 0) is 56.5 Å². The van der Waals surface area contributed by atoms with E-state index in [9.17, 15) is 0 Å². The summed E-state index contributed by atoms with van der Waals surface area (Å²) in [5.41, 5.74) is 2.49. The van der Waals surface area contributed by atoms with Gasteiger partial charge in [0.15, 0.2) is 0 Å². The first-order valence-corrected chi connectivity index (χ1v) is 7.81. The molecule has 18 heavy (non-hydrogen) atoms. The van der Waals surface area contributed by atoms with Crippen LogP contribution < -0.4 is 10.2 Å². The smallest absolute Gasteiger partial charge is 0.131 e. The van der Waals surface area contributed by atoms with Crippen molar-refractivity contribution in [1.29, 1.82) is 0 Å². The van der Waals surface area contributed by atoms with Gasteiger partial charge in [0.1, 0.15) is 5.82 Å². The number of rotatable bonds is 7. The van der Waals surface area contributed by atoms with E-state index in [0.717, 1.165) is 12.4 Å². The molecular formula is C14H25N3S. The maximum absolute atomic E-state index is 4.61. The molecule has 0 radical (unpaired) electrons. The van der Waals surface area contributed by atoms with Crippen LogP contribution in [0.3, 0.4) is 0 Å². The Balaban J connectivity index is 2.76. The predicted molar refractivity (Wildman–Crippen MR) is 82.6 cm³/mol. The van der Waals surface area contributed by atoms with E-state index in [1.54, 1.807) is 0 Å². The zero-order valence-corrected chi connectivity index (χ0v) is 13.0. The van der Waals surface area contributed by atoms with Gasteiger partial charge in [0.2, 0.25) is 0 Å². The Kier molecular flexibility index (Phi) is 6.50. The molecule has 0 aromatic carbocycles. The lowest BCUT2D eigenvalue weighted by Gasteiger charge is -2.27. The average molecular weight is 267 g/mol. The summed E-state index contributed by atoms with van der Waals surface area (Å²) < 4.78 is 0. The fraction of sp³-hybridized carbons (Fsp3) is 0.643. The molecule has 1 heterocycles. The molecule has 1 unspecified atom stereocenters. The molecule has 1 aromatic rings. The number of hydrogen-bond acceptors (Lipinski definition) is 4. The zero-order chi connectivity index (χ0) is 13.5. The van der Waals surface area contributed by atoms with E-state index in [4.69, 9.17) is 0 Å². The summed E-state index contributed by atoms with van der Waals surface area (Å²) in [6.45, 7) is 5.28. The van der Waals surface area contributed by atoms with Crippen molar-refractivity contribution in [2.75, 3.05) is 31.0 Å². The molecule has 0 saturated heterocycles. The number of aryl methyl sites for hydroxylation is 1. The van der Waals surface area contributed by atoms with E-state index in [1.165, 1.54) is 23.3 Å². The number of hydrogen-bond donors (Lipinski definition) is 1. The Morgan fingerprint density at radius 3 is 2.78 bits per heavy atom. The Labute approximate surface area is 115 Å². The minimum absolute atomic E-state index is 0.527. The molecule has 1 N–H and O–H groups in total. The van der Waals surface area contributed by atoms with Crippen LogP contribution >= 0.6 is 11.8 Å². The van der Waals surface area contributed by atoms with Crippen LogP contribution in [0.25, 0.3) is 0 Å². The third-order valence-electron chi connectivity index (χ3n) is 3.22. The highest BCUT2D eigenvalue weighted by molar-refractivity contribution is 7.98. The van der Waals surface area contributed by atoms with Crippen molar-refractivity contribution in [3.63, 3.8) is 0 Å². The minimum atomic E-state index is 0.527. The Morgan fingerprint density at radius 1 is 1.50 bits per heavy atom. The van der Waals surface area contributed by atoms with Crippen molar-refractivity contribution in [3.8, 4) is 0 Å². The van der Waals surface area contributed by atoms with Gasteiger partial charge in [-0.15, -0.1) is 0 Å². The molecule has 0 aliphatic heterocycles. The lowest BCUT2D eigenvalue weighted by Crippen LogP contribution is -2.30. The van der Waals surface area contributed by atoms with Crippen LogP contribution in [0.2, 0.25) is 0 Å². The number of aromatic nitrogens is 1. The summed E-state index contributed by atoms with van der Waals surface area (Å²) in [4.78, 5) is 6.89. The van der Waals surface area contributed by atoms with Crippen molar-refractivity contribution in [2.24, 2.45) is 0 Å². The number of nitrogens with zero attached hydrogens (tertiary/aromatic N) is 2. The maximum Gasteiger partial charge on any atom is 0.131 e. The van der Waals surface area contributed by atoms with Gasteiger partial charge in [-0.2, -0.15) is 11.8 Å². The first kappa shape index (κ1) is 15.3. The van der Waals surface area contributed by atoms with E-state index in [1.807, 2.05) is 25.0 Å². The lowest BCUT2D eigenvalue weighted by molar-refractivity contribution is 0.659. The second-order valence-corrected chi connectivity index (χ2v) is 5.74. The van der Waals surface area contributed by atoms with Gasteiger partial charge in [-0.1, -0.05) is 0 Å². The first-order valence-electron chi connectivity index (χ1n) is 6.42. The SMILES string of the molecule is CNCc1cnc(N(C)C(C)CCSC)c(C)c1. The summed E-state index contributed by atoms with van der Waals surface area (Å²) in [5, 5.41) is 3.15. The average Bonchev–Trinajstić information content (AvgIpc) is 2.35. The van der Waals surface area contributed by atoms with Gasteiger partial charge >= 0.3 is 0 Å². The standard InChI is InChI=1S/C14H25N3S/c1-11-8-13(9-15-3)10-16-14(11)17(4)12(2)6-7-18-5/h8,10,12,15H,6-7,9H2,1-5H3. The van der Waals surface area contributed by atoms with Crippen LogP contribution in [0.4, 0.5) is 5.82 Å². The molecule has 0 amide bonds. The van der Waals surface area contributed by atoms with Gasteiger partial charge in [0.05, 0.1) is 0 Å². The van der Waals surface area contributed by atoms with E-state index in [-0.39, 0.29) is 0 Å². The molecule has 0 aliphatic rings. The topological polar surface area (TPSA) is 28.2 Å². The number of thioether (sulfide) groups is 1. The molecule has 0 bridgehead atoms. The molecular weight excluding hydrogens is 242 g/mol. The van der Waals surface area contributed by atoms with Gasteiger partial charge in [-0.3, -0.25) is 0 Å². The maximum atomic E-state index is 4.61. The Bertz CT molecular complexity index is 368. The highest BCUT2D eigenvalue weighted by atomic mass is 32.2. The highest BCUT2D eigenvalue weighted by Gasteiger charge is 2.13. The third-order valence-corrected chi connectivity index (χ3v) is 3.87. The summed E-state index contributed by atoms with van der Waals surface area (Å²) in [6.07, 6.45) is 5.32. The number of nitrogens with one attached hydrogen (secondary N) is 1. The summed E-state index contributed by atoms with van der Waals surface area (Å²) in [6, 6.07) is 2.75. The van der Waals surface area contributed by atoms with Gasteiger partial charge < -0.3 is 10.2 Å². The number of pyridine rings is 1. The van der Waals surface area contributed by atoms with Crippen LogP contribution in [-0.4, -0.2) is 37.1 Å². The second kappa shape index (κ2) is 7.64. The molecule has 1 aromatic heterocycles. The molecule has 0 aliphatic carbocycles. The molecule has 102 valence electrons. The minimum Gasteiger partial charge on any atom is -0.357 e. The quantitative estimate of drug-likeness (QED) is 0.822. The third kappa shape index (κ3) is 4.18. The Hall–Kier alpha value is -0.740. The molecule has 0 saturated carbocycles. The highest BCUT2D eigenvalue weighted by Crippen LogP contribution is 2.20. The lowest BCUT2D eigenvalue weighted by atomic mass is 10.1. The summed E-state index contributed by atoms with van der Waals surface area (Å²) >= 11 is 1.90. The van der Waals surface area contributed by atoms with E-state index in [0.29, 0.717) is 6.04 Å². The van der Waals surface area contributed by atoms with Crippen LogP contribution in [-0.2, 0) is 6.54 Å². The fourth-order valence-electron chi connectivity index (χ4n) is 1.99. The largest absolute Gasteiger partial charge is 0.357 e. The van der Waals surface area contributed by atoms with Crippen LogP contribution in [0.1, 0.15) is 24.5 Å². The van der Waals surface area contributed by atoms with Crippen LogP contribution in [0.15, 0.2) is 12.3 Å². The molecule has 3 nitrogen and oxygen atoms in total. The van der Waals surface area contributed by atoms with E-state index < -0.39 is 0 Å². The van der Waals surface area contributed by atoms with Gasteiger partial charge in [0.25, 0.3) is 0 Å². The van der Waals surface area contributed by atoms with Crippen molar-refractivity contribution in [1.82, 2.24) is 10.3 Å². The van der Waals surface area contributed by atoms with E-state index in [2.05, 4.69) is 48.4 Å². The molecule has 0 spiro atoms. The van der Waals surface area contributed by atoms with Crippen molar-refractivity contribution in [3.05, 3.63) is 23.4 Å². The Morgan fingerprint density at radius 2 is 2.22 bits per heavy atom. The van der Waals surface area contributed by atoms with Gasteiger partial charge in [-0.25, -0.2) is 4.98 Å². The van der Waals surface area contributed by atoms with Crippen molar-refractivity contribution >= 4 is 17.6 Å². The molecule has 0 fully saturated rings. The monoisotopic (exact) mass is 267 g/mol. The van der Waals surface area contributed by atoms with Crippen molar-refractivity contribution in [2.45, 2.75) is 32.9 Å². The molecule has 1 rings (SSSR count). The van der Waals surface area contributed by atoms with E-state index >= 15 is 0 Å². The predicted octanol–water partition coefficient (Wildman–Crippen LogP) is 2.69. The first-order chi connectivity index (χ1) is 8.60. The number of anilines is 1. The normalized spacial score (nSPS) is 12.5. The zero-order valence-electron chi connectivity index (χ0n) is 12.2. The summed E-state index contributed by atoms with van der Waals surface area (Å²) in [7, 11) is 4.10. The second-order valence-electron chi connectivity index (χ2n) is 4.76. The van der Waals surface area contributed by atoms with Gasteiger partial charge in [0, 0.05) is 25.8 Å².